The van der Waals surface area contributed by atoms with Crippen molar-refractivity contribution < 1.29 is 4.79 Å². The van der Waals surface area contributed by atoms with Crippen molar-refractivity contribution in [1.82, 2.24) is 9.55 Å². The number of fused-ring (bicyclic) bond motifs is 3. The number of thioether (sulfide) groups is 1. The highest BCUT2D eigenvalue weighted by Gasteiger charge is 2.25. The molecule has 2 aromatic rings. The van der Waals surface area contributed by atoms with Crippen LogP contribution in [0.3, 0.4) is 0 Å². The summed E-state index contributed by atoms with van der Waals surface area (Å²) in [6, 6.07) is 0. The number of nitrogens with zero attached hydrogens (tertiary/aromatic N) is 2. The van der Waals surface area contributed by atoms with E-state index < -0.39 is 11.2 Å². The first-order chi connectivity index (χ1) is 11.4. The SMILES string of the molecule is C=CCn1c(SC(C)C(N)=O)nc2sc3c(c2c1=O)CCC(C)C3. The van der Waals surface area contributed by atoms with Crippen molar-refractivity contribution >= 4 is 39.2 Å². The molecular weight excluding hydrogens is 342 g/mol. The smallest absolute Gasteiger partial charge is 0.263 e. The first-order valence-corrected chi connectivity index (χ1v) is 9.74. The molecule has 2 unspecified atom stereocenters. The van der Waals surface area contributed by atoms with Gasteiger partial charge < -0.3 is 5.73 Å². The van der Waals surface area contributed by atoms with E-state index in [0.29, 0.717) is 17.6 Å². The van der Waals surface area contributed by atoms with Crippen LogP contribution in [0.15, 0.2) is 22.6 Å². The first kappa shape index (κ1) is 17.2. The third-order valence-corrected chi connectivity index (χ3v) is 6.63. The maximum absolute atomic E-state index is 13.1. The molecule has 1 aliphatic rings. The molecule has 3 rings (SSSR count). The monoisotopic (exact) mass is 363 g/mol. The molecule has 24 heavy (non-hydrogen) atoms. The summed E-state index contributed by atoms with van der Waals surface area (Å²) >= 11 is 2.84. The Kier molecular flexibility index (Phi) is 4.83. The molecule has 0 saturated heterocycles. The first-order valence-electron chi connectivity index (χ1n) is 8.04. The molecular formula is C17H21N3O2S2. The van der Waals surface area contributed by atoms with Crippen LogP contribution in [0.25, 0.3) is 10.2 Å². The van der Waals surface area contributed by atoms with Gasteiger partial charge in [0.05, 0.1) is 10.6 Å². The Hall–Kier alpha value is -1.60. The number of hydrogen-bond donors (Lipinski definition) is 1. The predicted molar refractivity (Wildman–Crippen MR) is 99.8 cm³/mol. The number of carbonyl (C=O) groups excluding carboxylic acids is 1. The molecule has 0 saturated carbocycles. The van der Waals surface area contributed by atoms with Crippen LogP contribution in [0, 0.1) is 5.92 Å². The van der Waals surface area contributed by atoms with Crippen LogP contribution >= 0.6 is 23.1 Å². The molecule has 1 amide bonds. The molecule has 128 valence electrons. The normalized spacial score (nSPS) is 18.3. The van der Waals surface area contributed by atoms with Gasteiger partial charge in [0.25, 0.3) is 5.56 Å². The average Bonchev–Trinajstić information content (AvgIpc) is 2.88. The molecule has 0 bridgehead atoms. The van der Waals surface area contributed by atoms with E-state index in [9.17, 15) is 9.59 Å². The summed E-state index contributed by atoms with van der Waals surface area (Å²) in [7, 11) is 0. The lowest BCUT2D eigenvalue weighted by Crippen LogP contribution is -2.27. The minimum atomic E-state index is -0.444. The zero-order chi connectivity index (χ0) is 17.4. The fraction of sp³-hybridized carbons (Fsp3) is 0.471. The van der Waals surface area contributed by atoms with Crippen LogP contribution in [0.5, 0.6) is 0 Å². The molecule has 7 heteroatoms. The fourth-order valence-corrected chi connectivity index (χ4v) is 5.29. The van der Waals surface area contributed by atoms with Gasteiger partial charge in [0.15, 0.2) is 5.16 Å². The molecule has 0 spiro atoms. The van der Waals surface area contributed by atoms with Crippen LogP contribution in [0.1, 0.15) is 30.7 Å². The molecule has 2 heterocycles. The Morgan fingerprint density at radius 1 is 1.62 bits per heavy atom. The van der Waals surface area contributed by atoms with Gasteiger partial charge in [-0.2, -0.15) is 0 Å². The Labute approximate surface area is 149 Å². The third-order valence-electron chi connectivity index (χ3n) is 4.37. The number of thiophene rings is 1. The largest absolute Gasteiger partial charge is 0.369 e. The van der Waals surface area contributed by atoms with Gasteiger partial charge in [0.1, 0.15) is 4.83 Å². The Bertz CT molecular complexity index is 869. The van der Waals surface area contributed by atoms with Gasteiger partial charge in [0, 0.05) is 11.4 Å². The molecule has 5 nitrogen and oxygen atoms in total. The van der Waals surface area contributed by atoms with Crippen molar-refractivity contribution in [3.8, 4) is 0 Å². The second kappa shape index (κ2) is 6.72. The van der Waals surface area contributed by atoms with Gasteiger partial charge in [-0.1, -0.05) is 24.8 Å². The van der Waals surface area contributed by atoms with Crippen molar-refractivity contribution in [3.05, 3.63) is 33.4 Å². The molecule has 0 aromatic carbocycles. The lowest BCUT2D eigenvalue weighted by molar-refractivity contribution is -0.117. The summed E-state index contributed by atoms with van der Waals surface area (Å²) < 4.78 is 1.60. The second-order valence-corrected chi connectivity index (χ2v) is 8.68. The summed E-state index contributed by atoms with van der Waals surface area (Å²) in [6.07, 6.45) is 4.73. The van der Waals surface area contributed by atoms with E-state index in [1.165, 1.54) is 22.2 Å². The van der Waals surface area contributed by atoms with Crippen LogP contribution in [-0.4, -0.2) is 20.7 Å². The highest BCUT2D eigenvalue weighted by molar-refractivity contribution is 8.00. The number of aryl methyl sites for hydroxylation is 1. The molecule has 0 radical (unpaired) electrons. The van der Waals surface area contributed by atoms with Gasteiger partial charge in [-0.05, 0) is 37.7 Å². The van der Waals surface area contributed by atoms with Gasteiger partial charge in [-0.3, -0.25) is 14.2 Å². The van der Waals surface area contributed by atoms with E-state index in [0.717, 1.165) is 29.5 Å². The summed E-state index contributed by atoms with van der Waals surface area (Å²) in [6.45, 7) is 8.07. The van der Waals surface area contributed by atoms with Gasteiger partial charge >= 0.3 is 0 Å². The minimum absolute atomic E-state index is 0.0360. The van der Waals surface area contributed by atoms with Crippen LogP contribution < -0.4 is 11.3 Å². The summed E-state index contributed by atoms with van der Waals surface area (Å²) in [5.41, 5.74) is 6.49. The Morgan fingerprint density at radius 3 is 3.04 bits per heavy atom. The molecule has 2 N–H and O–H groups in total. The number of rotatable bonds is 5. The van der Waals surface area contributed by atoms with Crippen LogP contribution in [0.4, 0.5) is 0 Å². The van der Waals surface area contributed by atoms with E-state index in [1.54, 1.807) is 28.9 Å². The number of amides is 1. The summed E-state index contributed by atoms with van der Waals surface area (Å²) in [4.78, 5) is 31.2. The van der Waals surface area contributed by atoms with Gasteiger partial charge in [0.2, 0.25) is 5.91 Å². The highest BCUT2D eigenvalue weighted by atomic mass is 32.2. The number of aromatic nitrogens is 2. The number of hydrogen-bond acceptors (Lipinski definition) is 5. The van der Waals surface area contributed by atoms with Crippen molar-refractivity contribution in [2.45, 2.75) is 50.1 Å². The molecule has 2 aromatic heterocycles. The topological polar surface area (TPSA) is 78.0 Å². The fourth-order valence-electron chi connectivity index (χ4n) is 3.00. The second-order valence-electron chi connectivity index (χ2n) is 6.29. The Morgan fingerprint density at radius 2 is 2.38 bits per heavy atom. The number of primary amides is 1. The lowest BCUT2D eigenvalue weighted by Gasteiger charge is -2.17. The zero-order valence-corrected chi connectivity index (χ0v) is 15.5. The molecule has 2 atom stereocenters. The van der Waals surface area contributed by atoms with Crippen LogP contribution in [-0.2, 0) is 24.2 Å². The molecule has 1 aliphatic carbocycles. The highest BCUT2D eigenvalue weighted by Crippen LogP contribution is 2.36. The van der Waals surface area contributed by atoms with Gasteiger partial charge in [-0.15, -0.1) is 17.9 Å². The Balaban J connectivity index is 2.18. The van der Waals surface area contributed by atoms with Gasteiger partial charge in [-0.25, -0.2) is 4.98 Å². The zero-order valence-electron chi connectivity index (χ0n) is 13.9. The third kappa shape index (κ3) is 3.02. The van der Waals surface area contributed by atoms with E-state index >= 15 is 0 Å². The molecule has 0 aliphatic heterocycles. The van der Waals surface area contributed by atoms with E-state index in [2.05, 4.69) is 13.5 Å². The maximum atomic E-state index is 13.1. The van der Waals surface area contributed by atoms with Crippen LogP contribution in [0.2, 0.25) is 0 Å². The summed E-state index contributed by atoms with van der Waals surface area (Å²) in [5, 5.41) is 0.838. The molecule has 0 fully saturated rings. The van der Waals surface area contributed by atoms with Crippen molar-refractivity contribution in [2.75, 3.05) is 0 Å². The van der Waals surface area contributed by atoms with Crippen molar-refractivity contribution in [2.24, 2.45) is 11.7 Å². The number of nitrogens with two attached hydrogens (primary N) is 1. The maximum Gasteiger partial charge on any atom is 0.263 e. The number of carbonyl (C=O) groups is 1. The van der Waals surface area contributed by atoms with E-state index in [1.807, 2.05) is 0 Å². The quantitative estimate of drug-likeness (QED) is 0.503. The van der Waals surface area contributed by atoms with Crippen molar-refractivity contribution in [1.29, 1.82) is 0 Å². The summed E-state index contributed by atoms with van der Waals surface area (Å²) in [5.74, 6) is 0.225. The number of allylic oxidation sites excluding steroid dienone is 1. The minimum Gasteiger partial charge on any atom is -0.369 e. The lowest BCUT2D eigenvalue weighted by atomic mass is 9.89. The van der Waals surface area contributed by atoms with E-state index in [-0.39, 0.29) is 5.56 Å². The van der Waals surface area contributed by atoms with E-state index in [4.69, 9.17) is 10.7 Å². The average molecular weight is 364 g/mol. The predicted octanol–water partition coefficient (Wildman–Crippen LogP) is 2.73. The van der Waals surface area contributed by atoms with Crippen molar-refractivity contribution in [3.63, 3.8) is 0 Å². The standard InChI is InChI=1S/C17H21N3O2S2/c1-4-7-20-16(22)13-11-6-5-9(2)8-12(11)24-15(13)19-17(20)23-10(3)14(18)21/h4,9-10H,1,5-8H2,2-3H3,(H2,18,21).